The third-order valence-corrected chi connectivity index (χ3v) is 2.74. The molecular weight excluding hydrogens is 228 g/mol. The van der Waals surface area contributed by atoms with Crippen molar-refractivity contribution in [3.63, 3.8) is 0 Å². The van der Waals surface area contributed by atoms with Gasteiger partial charge in [-0.2, -0.15) is 5.10 Å². The molecule has 4 nitrogen and oxygen atoms in total. The van der Waals surface area contributed by atoms with Crippen LogP contribution in [-0.4, -0.2) is 25.3 Å². The molecule has 1 aliphatic rings. The Bertz CT molecular complexity index is 428. The monoisotopic (exact) mass is 238 g/mol. The van der Waals surface area contributed by atoms with Gasteiger partial charge < -0.3 is 10.2 Å². The number of carbonyl (C=O) groups is 1. The number of hydrogen-bond acceptors (Lipinski definition) is 4. The van der Waals surface area contributed by atoms with Crippen LogP contribution >= 0.6 is 11.6 Å². The van der Waals surface area contributed by atoms with Crippen LogP contribution in [0.25, 0.3) is 0 Å². The lowest BCUT2D eigenvalue weighted by Crippen LogP contribution is -2.22. The zero-order valence-corrected chi connectivity index (χ0v) is 9.49. The predicted molar refractivity (Wildman–Crippen MR) is 61.6 cm³/mol. The van der Waals surface area contributed by atoms with Crippen LogP contribution in [0.4, 0.5) is 0 Å². The number of benzene rings is 1. The van der Waals surface area contributed by atoms with E-state index in [4.69, 9.17) is 11.6 Å². The van der Waals surface area contributed by atoms with Crippen molar-refractivity contribution < 1.29 is 9.53 Å². The molecule has 0 amide bonds. The lowest BCUT2D eigenvalue weighted by Gasteiger charge is -2.10. The summed E-state index contributed by atoms with van der Waals surface area (Å²) in [5.74, 6) is -0.463. The van der Waals surface area contributed by atoms with Gasteiger partial charge in [-0.05, 0) is 17.7 Å². The molecule has 0 radical (unpaired) electrons. The smallest absolute Gasteiger partial charge is 0.354 e. The summed E-state index contributed by atoms with van der Waals surface area (Å²) in [4.78, 5) is 11.4. The third kappa shape index (κ3) is 2.02. The summed E-state index contributed by atoms with van der Waals surface area (Å²) in [5.41, 5.74) is 4.21. The molecule has 0 saturated carbocycles. The van der Waals surface area contributed by atoms with Crippen LogP contribution in [-0.2, 0) is 9.53 Å². The third-order valence-electron chi connectivity index (χ3n) is 2.49. The lowest BCUT2D eigenvalue weighted by molar-refractivity contribution is -0.132. The Morgan fingerprint density at radius 2 is 2.19 bits per heavy atom. The average Bonchev–Trinajstić information content (AvgIpc) is 2.78. The maximum Gasteiger partial charge on any atom is 0.354 e. The van der Waals surface area contributed by atoms with Crippen molar-refractivity contribution in [2.24, 2.45) is 5.10 Å². The van der Waals surface area contributed by atoms with E-state index in [0.717, 1.165) is 5.56 Å². The van der Waals surface area contributed by atoms with Crippen LogP contribution < -0.4 is 5.43 Å². The second-order valence-corrected chi connectivity index (χ2v) is 3.89. The summed E-state index contributed by atoms with van der Waals surface area (Å²) in [6.45, 7) is 0.603. The number of hydrazone groups is 1. The summed E-state index contributed by atoms with van der Waals surface area (Å²) in [7, 11) is 1.35. The van der Waals surface area contributed by atoms with Crippen LogP contribution in [0.5, 0.6) is 0 Å². The van der Waals surface area contributed by atoms with Crippen LogP contribution in [0, 0.1) is 0 Å². The van der Waals surface area contributed by atoms with Gasteiger partial charge >= 0.3 is 5.97 Å². The Balaban J connectivity index is 2.25. The van der Waals surface area contributed by atoms with Gasteiger partial charge in [0.05, 0.1) is 13.0 Å². The quantitative estimate of drug-likeness (QED) is 0.796. The Morgan fingerprint density at radius 3 is 2.81 bits per heavy atom. The predicted octanol–water partition coefficient (Wildman–Crippen LogP) is 1.56. The van der Waals surface area contributed by atoms with E-state index in [0.29, 0.717) is 17.3 Å². The van der Waals surface area contributed by atoms with Crippen molar-refractivity contribution in [3.8, 4) is 0 Å². The molecule has 1 unspecified atom stereocenters. The summed E-state index contributed by atoms with van der Waals surface area (Å²) in [6.07, 6.45) is 0. The average molecular weight is 239 g/mol. The molecule has 1 N–H and O–H groups in total. The largest absolute Gasteiger partial charge is 0.464 e. The van der Waals surface area contributed by atoms with Crippen LogP contribution in [0.1, 0.15) is 11.5 Å². The molecule has 0 aromatic heterocycles. The molecule has 0 saturated heterocycles. The van der Waals surface area contributed by atoms with Crippen molar-refractivity contribution in [1.29, 1.82) is 0 Å². The number of esters is 1. The van der Waals surface area contributed by atoms with Gasteiger partial charge in [0.2, 0.25) is 0 Å². The number of rotatable bonds is 2. The number of halogens is 1. The minimum absolute atomic E-state index is 0.0651. The number of methoxy groups -OCH3 is 1. The Kier molecular flexibility index (Phi) is 3.10. The van der Waals surface area contributed by atoms with Crippen molar-refractivity contribution in [3.05, 3.63) is 34.9 Å². The van der Waals surface area contributed by atoms with E-state index in [1.807, 2.05) is 12.1 Å². The standard InChI is InChI=1S/C11H11ClN2O2/c1-16-11(15)10-9(6-13-14-10)7-2-4-8(12)5-3-7/h2-5,9,13H,6H2,1H3. The van der Waals surface area contributed by atoms with Gasteiger partial charge in [0.25, 0.3) is 0 Å². The van der Waals surface area contributed by atoms with E-state index in [-0.39, 0.29) is 5.92 Å². The van der Waals surface area contributed by atoms with Gasteiger partial charge in [-0.25, -0.2) is 4.79 Å². The second-order valence-electron chi connectivity index (χ2n) is 3.46. The molecule has 1 atom stereocenters. The highest BCUT2D eigenvalue weighted by atomic mass is 35.5. The number of nitrogens with one attached hydrogen (secondary N) is 1. The zero-order valence-electron chi connectivity index (χ0n) is 8.74. The van der Waals surface area contributed by atoms with E-state index < -0.39 is 5.97 Å². The summed E-state index contributed by atoms with van der Waals surface area (Å²) in [6, 6.07) is 7.37. The molecular formula is C11H11ClN2O2. The van der Waals surface area contributed by atoms with Crippen LogP contribution in [0.3, 0.4) is 0 Å². The van der Waals surface area contributed by atoms with Gasteiger partial charge in [0.15, 0.2) is 5.71 Å². The first-order valence-electron chi connectivity index (χ1n) is 4.86. The van der Waals surface area contributed by atoms with Crippen molar-refractivity contribution in [1.82, 2.24) is 5.43 Å². The first-order chi connectivity index (χ1) is 7.72. The minimum atomic E-state index is -0.398. The zero-order chi connectivity index (χ0) is 11.5. The lowest BCUT2D eigenvalue weighted by atomic mass is 9.95. The molecule has 0 fully saturated rings. The molecule has 16 heavy (non-hydrogen) atoms. The van der Waals surface area contributed by atoms with Gasteiger partial charge in [0.1, 0.15) is 0 Å². The number of hydrogen-bond donors (Lipinski definition) is 1. The number of nitrogens with zero attached hydrogens (tertiary/aromatic N) is 1. The minimum Gasteiger partial charge on any atom is -0.464 e. The first kappa shape index (κ1) is 11.0. The fraction of sp³-hybridized carbons (Fsp3) is 0.273. The molecule has 1 aromatic carbocycles. The summed E-state index contributed by atoms with van der Waals surface area (Å²) >= 11 is 5.81. The molecule has 84 valence electrons. The summed E-state index contributed by atoms with van der Waals surface area (Å²) in [5, 5.41) is 4.62. The highest BCUT2D eigenvalue weighted by Crippen LogP contribution is 2.22. The van der Waals surface area contributed by atoms with E-state index in [2.05, 4.69) is 15.3 Å². The highest BCUT2D eigenvalue weighted by Gasteiger charge is 2.29. The van der Waals surface area contributed by atoms with Crippen molar-refractivity contribution >= 4 is 23.3 Å². The SMILES string of the molecule is COC(=O)C1=NNCC1c1ccc(Cl)cc1. The van der Waals surface area contributed by atoms with E-state index in [1.165, 1.54) is 7.11 Å². The van der Waals surface area contributed by atoms with E-state index >= 15 is 0 Å². The molecule has 5 heteroatoms. The van der Waals surface area contributed by atoms with Crippen LogP contribution in [0.15, 0.2) is 29.4 Å². The van der Waals surface area contributed by atoms with Gasteiger partial charge in [-0.15, -0.1) is 0 Å². The Morgan fingerprint density at radius 1 is 1.50 bits per heavy atom. The highest BCUT2D eigenvalue weighted by molar-refractivity contribution is 6.39. The fourth-order valence-corrected chi connectivity index (χ4v) is 1.79. The first-order valence-corrected chi connectivity index (χ1v) is 5.24. The second kappa shape index (κ2) is 4.53. The maximum absolute atomic E-state index is 11.4. The maximum atomic E-state index is 11.4. The normalized spacial score (nSPS) is 18.9. The molecule has 0 bridgehead atoms. The molecule has 1 aliphatic heterocycles. The van der Waals surface area contributed by atoms with Crippen molar-refractivity contribution in [2.45, 2.75) is 5.92 Å². The topological polar surface area (TPSA) is 50.7 Å². The van der Waals surface area contributed by atoms with Crippen LogP contribution in [0.2, 0.25) is 5.02 Å². The van der Waals surface area contributed by atoms with E-state index in [1.54, 1.807) is 12.1 Å². The molecule has 0 aliphatic carbocycles. The molecule has 0 spiro atoms. The Hall–Kier alpha value is -1.55. The number of carbonyl (C=O) groups excluding carboxylic acids is 1. The van der Waals surface area contributed by atoms with Gasteiger partial charge in [-0.1, -0.05) is 23.7 Å². The van der Waals surface area contributed by atoms with Gasteiger partial charge in [0, 0.05) is 11.6 Å². The fourth-order valence-electron chi connectivity index (χ4n) is 1.66. The van der Waals surface area contributed by atoms with Crippen molar-refractivity contribution in [2.75, 3.05) is 13.7 Å². The molecule has 1 heterocycles. The number of ether oxygens (including phenoxy) is 1. The molecule has 2 rings (SSSR count). The molecule has 1 aromatic rings. The Labute approximate surface area is 98.2 Å². The summed E-state index contributed by atoms with van der Waals surface area (Å²) < 4.78 is 4.67. The van der Waals surface area contributed by atoms with Gasteiger partial charge in [-0.3, -0.25) is 0 Å². The van der Waals surface area contributed by atoms with E-state index in [9.17, 15) is 4.79 Å².